The first-order valence-corrected chi connectivity index (χ1v) is 4.06. The number of hydrogen-bond acceptors (Lipinski definition) is 3. The van der Waals surface area contributed by atoms with Crippen molar-refractivity contribution in [1.29, 1.82) is 0 Å². The maximum atomic E-state index is 5.01. The van der Waals surface area contributed by atoms with Crippen molar-refractivity contribution >= 4 is 0 Å². The van der Waals surface area contributed by atoms with Gasteiger partial charge in [-0.25, -0.2) is 0 Å². The molecule has 1 rings (SSSR count). The van der Waals surface area contributed by atoms with Crippen LogP contribution < -0.4 is 0 Å². The Hall–Kier alpha value is -0.860. The van der Waals surface area contributed by atoms with Gasteiger partial charge in [0.1, 0.15) is 0 Å². The highest BCUT2D eigenvalue weighted by atomic mass is 16.5. The summed E-state index contributed by atoms with van der Waals surface area (Å²) in [6.45, 7) is 6.21. The van der Waals surface area contributed by atoms with Crippen molar-refractivity contribution in [3.8, 4) is 0 Å². The molecule has 1 aromatic rings. The Labute approximate surface area is 66.8 Å². The lowest BCUT2D eigenvalue weighted by Crippen LogP contribution is -1.90. The number of rotatable bonds is 3. The van der Waals surface area contributed by atoms with Crippen LogP contribution in [0.3, 0.4) is 0 Å². The largest absolute Gasteiger partial charge is 0.339 e. The molecular formula is C8H14N2O. The van der Waals surface area contributed by atoms with E-state index in [1.165, 1.54) is 0 Å². The summed E-state index contributed by atoms with van der Waals surface area (Å²) in [5, 5.41) is 3.85. The van der Waals surface area contributed by atoms with Crippen LogP contribution in [0.25, 0.3) is 0 Å². The van der Waals surface area contributed by atoms with Crippen LogP contribution in [0.2, 0.25) is 0 Å². The minimum absolute atomic E-state index is 0.365. The van der Waals surface area contributed by atoms with E-state index in [0.29, 0.717) is 5.92 Å². The highest BCUT2D eigenvalue weighted by Gasteiger charge is 2.07. The molecule has 0 fully saturated rings. The second-order valence-electron chi connectivity index (χ2n) is 2.95. The second kappa shape index (κ2) is 3.51. The lowest BCUT2D eigenvalue weighted by atomic mass is 10.2. The highest BCUT2D eigenvalue weighted by molar-refractivity contribution is 4.91. The Morgan fingerprint density at radius 2 is 2.18 bits per heavy atom. The number of nitrogens with zero attached hydrogens (tertiary/aromatic N) is 2. The Morgan fingerprint density at radius 1 is 1.45 bits per heavy atom. The van der Waals surface area contributed by atoms with E-state index in [9.17, 15) is 0 Å². The molecule has 62 valence electrons. The van der Waals surface area contributed by atoms with Crippen LogP contribution in [0.15, 0.2) is 4.52 Å². The lowest BCUT2D eigenvalue weighted by Gasteiger charge is -1.91. The monoisotopic (exact) mass is 154 g/mol. The Balaban J connectivity index is 2.66. The maximum Gasteiger partial charge on any atom is 0.226 e. The predicted molar refractivity (Wildman–Crippen MR) is 42.4 cm³/mol. The zero-order valence-electron chi connectivity index (χ0n) is 7.29. The molecule has 0 aliphatic rings. The van der Waals surface area contributed by atoms with E-state index in [1.807, 2.05) is 0 Å². The molecule has 1 aromatic heterocycles. The van der Waals surface area contributed by atoms with Crippen LogP contribution in [0.4, 0.5) is 0 Å². The van der Waals surface area contributed by atoms with Crippen molar-refractivity contribution in [1.82, 2.24) is 10.1 Å². The van der Waals surface area contributed by atoms with Crippen LogP contribution >= 0.6 is 0 Å². The standard InChI is InChI=1S/C8H14N2O/c1-4-5-7-9-8(6(2)3)10-11-7/h6H,4-5H2,1-3H3. The molecule has 0 radical (unpaired) electrons. The van der Waals surface area contributed by atoms with Gasteiger partial charge in [-0.05, 0) is 6.42 Å². The quantitative estimate of drug-likeness (QED) is 0.669. The first-order chi connectivity index (χ1) is 5.24. The third-order valence-corrected chi connectivity index (χ3v) is 1.46. The van der Waals surface area contributed by atoms with Crippen molar-refractivity contribution in [2.75, 3.05) is 0 Å². The summed E-state index contributed by atoms with van der Waals surface area (Å²) in [6.07, 6.45) is 1.94. The SMILES string of the molecule is CCCc1nc(C(C)C)no1. The molecule has 11 heavy (non-hydrogen) atoms. The smallest absolute Gasteiger partial charge is 0.226 e. The van der Waals surface area contributed by atoms with Gasteiger partial charge in [0.2, 0.25) is 5.89 Å². The van der Waals surface area contributed by atoms with Crippen molar-refractivity contribution < 1.29 is 4.52 Å². The summed E-state index contributed by atoms with van der Waals surface area (Å²) in [7, 11) is 0. The van der Waals surface area contributed by atoms with Gasteiger partial charge in [-0.1, -0.05) is 25.9 Å². The van der Waals surface area contributed by atoms with Crippen molar-refractivity contribution in [3.63, 3.8) is 0 Å². The molecule has 0 atom stereocenters. The number of aromatic nitrogens is 2. The average molecular weight is 154 g/mol. The molecule has 0 aliphatic heterocycles. The maximum absolute atomic E-state index is 5.01. The molecule has 0 N–H and O–H groups in total. The van der Waals surface area contributed by atoms with E-state index in [2.05, 4.69) is 30.9 Å². The van der Waals surface area contributed by atoms with E-state index < -0.39 is 0 Å². The van der Waals surface area contributed by atoms with Gasteiger partial charge in [-0.3, -0.25) is 0 Å². The molecule has 3 heteroatoms. The first kappa shape index (κ1) is 8.24. The van der Waals surface area contributed by atoms with Gasteiger partial charge in [0.05, 0.1) is 0 Å². The highest BCUT2D eigenvalue weighted by Crippen LogP contribution is 2.10. The van der Waals surface area contributed by atoms with Gasteiger partial charge < -0.3 is 4.52 Å². The van der Waals surface area contributed by atoms with Crippen LogP contribution in [-0.4, -0.2) is 10.1 Å². The normalized spacial score (nSPS) is 10.9. The van der Waals surface area contributed by atoms with Crippen molar-refractivity contribution in [2.45, 2.75) is 39.5 Å². The van der Waals surface area contributed by atoms with E-state index in [4.69, 9.17) is 4.52 Å². The molecule has 3 nitrogen and oxygen atoms in total. The molecule has 0 aliphatic carbocycles. The minimum atomic E-state index is 0.365. The second-order valence-corrected chi connectivity index (χ2v) is 2.95. The van der Waals surface area contributed by atoms with E-state index in [1.54, 1.807) is 0 Å². The van der Waals surface area contributed by atoms with Crippen LogP contribution in [0, 0.1) is 0 Å². The fourth-order valence-electron chi connectivity index (χ4n) is 0.818. The molecule has 0 amide bonds. The molecule has 0 saturated heterocycles. The summed E-state index contributed by atoms with van der Waals surface area (Å²) in [6, 6.07) is 0. The molecule has 0 unspecified atom stereocenters. The fourth-order valence-corrected chi connectivity index (χ4v) is 0.818. The zero-order chi connectivity index (χ0) is 8.27. The molecule has 0 bridgehead atoms. The Morgan fingerprint density at radius 3 is 2.64 bits per heavy atom. The zero-order valence-corrected chi connectivity index (χ0v) is 7.29. The summed E-state index contributed by atoms with van der Waals surface area (Å²) < 4.78 is 5.01. The molecule has 1 heterocycles. The molecular weight excluding hydrogens is 140 g/mol. The summed E-state index contributed by atoms with van der Waals surface area (Å²) in [5.41, 5.74) is 0. The van der Waals surface area contributed by atoms with Gasteiger partial charge in [-0.15, -0.1) is 0 Å². The van der Waals surface area contributed by atoms with Gasteiger partial charge in [-0.2, -0.15) is 4.98 Å². The summed E-state index contributed by atoms with van der Waals surface area (Å²) in [5.74, 6) is 1.94. The van der Waals surface area contributed by atoms with Crippen LogP contribution in [0.1, 0.15) is 44.8 Å². The Bertz CT molecular complexity index is 218. The van der Waals surface area contributed by atoms with Gasteiger partial charge >= 0.3 is 0 Å². The van der Waals surface area contributed by atoms with E-state index in [0.717, 1.165) is 24.6 Å². The lowest BCUT2D eigenvalue weighted by molar-refractivity contribution is 0.370. The van der Waals surface area contributed by atoms with Gasteiger partial charge in [0, 0.05) is 12.3 Å². The topological polar surface area (TPSA) is 38.9 Å². The van der Waals surface area contributed by atoms with Crippen molar-refractivity contribution in [2.24, 2.45) is 0 Å². The number of hydrogen-bond donors (Lipinski definition) is 0. The van der Waals surface area contributed by atoms with Crippen molar-refractivity contribution in [3.05, 3.63) is 11.7 Å². The molecule has 0 spiro atoms. The summed E-state index contributed by atoms with van der Waals surface area (Å²) in [4.78, 5) is 4.22. The van der Waals surface area contributed by atoms with E-state index in [-0.39, 0.29) is 0 Å². The van der Waals surface area contributed by atoms with Crippen LogP contribution in [-0.2, 0) is 6.42 Å². The first-order valence-electron chi connectivity index (χ1n) is 4.06. The van der Waals surface area contributed by atoms with Gasteiger partial charge in [0.25, 0.3) is 0 Å². The minimum Gasteiger partial charge on any atom is -0.339 e. The molecule has 0 aromatic carbocycles. The number of aryl methyl sites for hydroxylation is 1. The van der Waals surface area contributed by atoms with Gasteiger partial charge in [0.15, 0.2) is 5.82 Å². The Kier molecular flexibility index (Phi) is 2.63. The third-order valence-electron chi connectivity index (χ3n) is 1.46. The third kappa shape index (κ3) is 2.03. The van der Waals surface area contributed by atoms with Crippen LogP contribution in [0.5, 0.6) is 0 Å². The fraction of sp³-hybridized carbons (Fsp3) is 0.750. The summed E-state index contributed by atoms with van der Waals surface area (Å²) >= 11 is 0. The molecule has 0 saturated carbocycles. The average Bonchev–Trinajstić information content (AvgIpc) is 2.37. The van der Waals surface area contributed by atoms with E-state index >= 15 is 0 Å². The predicted octanol–water partition coefficient (Wildman–Crippen LogP) is 2.15.